The Morgan fingerprint density at radius 1 is 1.15 bits per heavy atom. The fraction of sp³-hybridized carbons (Fsp3) is 0.688. The van der Waals surface area contributed by atoms with Crippen molar-refractivity contribution in [1.82, 2.24) is 4.98 Å². The monoisotopic (exact) mass is 275 g/mol. The first-order chi connectivity index (χ1) is 9.19. The molecule has 3 nitrogen and oxygen atoms in total. The van der Waals surface area contributed by atoms with Crippen molar-refractivity contribution in [2.24, 2.45) is 0 Å². The second-order valence-electron chi connectivity index (χ2n) is 6.84. The highest BCUT2D eigenvalue weighted by Gasteiger charge is 2.52. The topological polar surface area (TPSA) is 31.4 Å². The van der Waals surface area contributed by atoms with E-state index in [-0.39, 0.29) is 18.3 Å². The molecule has 0 N–H and O–H groups in total. The first kappa shape index (κ1) is 15.5. The van der Waals surface area contributed by atoms with E-state index in [0.29, 0.717) is 5.92 Å². The molecule has 0 radical (unpaired) electrons. The van der Waals surface area contributed by atoms with Gasteiger partial charge in [0, 0.05) is 17.9 Å². The molecule has 0 amide bonds. The zero-order valence-electron chi connectivity index (χ0n) is 13.8. The van der Waals surface area contributed by atoms with Gasteiger partial charge in [0.15, 0.2) is 0 Å². The zero-order chi connectivity index (χ0) is 15.1. The molecule has 2 heterocycles. The van der Waals surface area contributed by atoms with Crippen molar-refractivity contribution in [2.75, 3.05) is 0 Å². The maximum atomic E-state index is 6.14. The van der Waals surface area contributed by atoms with Crippen LogP contribution in [0.5, 0.6) is 0 Å². The van der Waals surface area contributed by atoms with Gasteiger partial charge in [0.1, 0.15) is 0 Å². The third-order valence-electron chi connectivity index (χ3n) is 4.94. The maximum absolute atomic E-state index is 6.14. The van der Waals surface area contributed by atoms with Crippen LogP contribution in [0, 0.1) is 6.92 Å². The molecular formula is C16H26BNO2. The molecule has 1 unspecified atom stereocenters. The van der Waals surface area contributed by atoms with Gasteiger partial charge < -0.3 is 9.31 Å². The third-order valence-corrected chi connectivity index (χ3v) is 4.94. The lowest BCUT2D eigenvalue weighted by Gasteiger charge is -2.32. The van der Waals surface area contributed by atoms with Gasteiger partial charge in [0.25, 0.3) is 0 Å². The molecule has 1 fully saturated rings. The number of aromatic nitrogens is 1. The lowest BCUT2D eigenvalue weighted by atomic mass is 9.75. The van der Waals surface area contributed by atoms with Crippen LogP contribution in [0.2, 0.25) is 0 Å². The van der Waals surface area contributed by atoms with Crippen molar-refractivity contribution in [3.05, 3.63) is 23.5 Å². The molecule has 110 valence electrons. The van der Waals surface area contributed by atoms with Crippen molar-refractivity contribution in [3.8, 4) is 0 Å². The smallest absolute Gasteiger partial charge is 0.399 e. The molecule has 1 aromatic rings. The van der Waals surface area contributed by atoms with Crippen LogP contribution in [-0.4, -0.2) is 23.3 Å². The molecule has 0 bridgehead atoms. The summed E-state index contributed by atoms with van der Waals surface area (Å²) in [6, 6.07) is 0. The standard InChI is InChI=1S/C16H26BNO2/c1-8-11(2)13-9-18-10-14(12(13)3)17-19-15(4,5)16(6,7)20-17/h9-11H,8H2,1-7H3. The molecule has 0 spiro atoms. The summed E-state index contributed by atoms with van der Waals surface area (Å²) >= 11 is 0. The van der Waals surface area contributed by atoms with Gasteiger partial charge in [0.05, 0.1) is 11.2 Å². The van der Waals surface area contributed by atoms with Gasteiger partial charge in [-0.1, -0.05) is 13.8 Å². The summed E-state index contributed by atoms with van der Waals surface area (Å²) in [5, 5.41) is 0. The van der Waals surface area contributed by atoms with E-state index in [1.54, 1.807) is 0 Å². The Hall–Kier alpha value is -0.865. The van der Waals surface area contributed by atoms with Crippen LogP contribution in [0.15, 0.2) is 12.4 Å². The SMILES string of the molecule is CCC(C)c1cncc(B2OC(C)(C)C(C)(C)O2)c1C. The minimum Gasteiger partial charge on any atom is -0.399 e. The fourth-order valence-electron chi connectivity index (χ4n) is 2.48. The Bertz CT molecular complexity index is 483. The molecule has 0 aliphatic carbocycles. The zero-order valence-corrected chi connectivity index (χ0v) is 13.8. The third kappa shape index (κ3) is 2.51. The van der Waals surface area contributed by atoms with Gasteiger partial charge >= 0.3 is 7.12 Å². The van der Waals surface area contributed by atoms with Crippen LogP contribution in [0.1, 0.15) is 65.0 Å². The van der Waals surface area contributed by atoms with Gasteiger partial charge in [-0.3, -0.25) is 4.98 Å². The lowest BCUT2D eigenvalue weighted by molar-refractivity contribution is 0.00578. The Labute approximate surface area is 123 Å². The van der Waals surface area contributed by atoms with Crippen LogP contribution < -0.4 is 5.46 Å². The summed E-state index contributed by atoms with van der Waals surface area (Å²) in [5.74, 6) is 0.505. The normalized spacial score (nSPS) is 22.1. The fourth-order valence-corrected chi connectivity index (χ4v) is 2.48. The minimum atomic E-state index is -0.323. The number of nitrogens with zero attached hydrogens (tertiary/aromatic N) is 1. The van der Waals surface area contributed by atoms with E-state index in [4.69, 9.17) is 9.31 Å². The Morgan fingerprint density at radius 2 is 1.70 bits per heavy atom. The van der Waals surface area contributed by atoms with Crippen molar-refractivity contribution >= 4 is 12.6 Å². The van der Waals surface area contributed by atoms with E-state index in [0.717, 1.165) is 11.9 Å². The summed E-state index contributed by atoms with van der Waals surface area (Å²) in [6.45, 7) is 14.9. The number of pyridine rings is 1. The molecule has 4 heteroatoms. The van der Waals surface area contributed by atoms with Gasteiger partial charge in [-0.25, -0.2) is 0 Å². The summed E-state index contributed by atoms with van der Waals surface area (Å²) in [5.41, 5.74) is 2.97. The van der Waals surface area contributed by atoms with Gasteiger partial charge in [-0.15, -0.1) is 0 Å². The average molecular weight is 275 g/mol. The summed E-state index contributed by atoms with van der Waals surface area (Å²) in [6.07, 6.45) is 4.96. The van der Waals surface area contributed by atoms with Gasteiger partial charge in [-0.05, 0) is 58.1 Å². The highest BCUT2D eigenvalue weighted by atomic mass is 16.7. The molecule has 20 heavy (non-hydrogen) atoms. The minimum absolute atomic E-state index is 0.309. The highest BCUT2D eigenvalue weighted by Crippen LogP contribution is 2.37. The predicted molar refractivity (Wildman–Crippen MR) is 83.4 cm³/mol. The first-order valence-corrected chi connectivity index (χ1v) is 7.49. The lowest BCUT2D eigenvalue weighted by Crippen LogP contribution is -2.41. The van der Waals surface area contributed by atoms with Crippen molar-refractivity contribution in [3.63, 3.8) is 0 Å². The Kier molecular flexibility index (Phi) is 4.00. The number of rotatable bonds is 3. The summed E-state index contributed by atoms with van der Waals surface area (Å²) < 4.78 is 12.3. The molecule has 1 atom stereocenters. The summed E-state index contributed by atoms with van der Waals surface area (Å²) in [7, 11) is -0.323. The Balaban J connectivity index is 2.36. The van der Waals surface area contributed by atoms with Crippen molar-refractivity contribution < 1.29 is 9.31 Å². The summed E-state index contributed by atoms with van der Waals surface area (Å²) in [4.78, 5) is 4.39. The van der Waals surface area contributed by atoms with E-state index in [2.05, 4.69) is 53.5 Å². The average Bonchev–Trinajstić information content (AvgIpc) is 2.57. The van der Waals surface area contributed by atoms with Gasteiger partial charge in [-0.2, -0.15) is 0 Å². The molecule has 0 aromatic carbocycles. The molecule has 1 aliphatic heterocycles. The van der Waals surface area contributed by atoms with Crippen LogP contribution in [-0.2, 0) is 9.31 Å². The van der Waals surface area contributed by atoms with Crippen LogP contribution >= 0.6 is 0 Å². The predicted octanol–water partition coefficient (Wildman–Crippen LogP) is 3.20. The second kappa shape index (κ2) is 5.16. The highest BCUT2D eigenvalue weighted by molar-refractivity contribution is 6.62. The maximum Gasteiger partial charge on any atom is 0.496 e. The van der Waals surface area contributed by atoms with E-state index >= 15 is 0 Å². The van der Waals surface area contributed by atoms with Gasteiger partial charge in [0.2, 0.25) is 0 Å². The second-order valence-corrected chi connectivity index (χ2v) is 6.84. The quantitative estimate of drug-likeness (QED) is 0.794. The van der Waals surface area contributed by atoms with Crippen molar-refractivity contribution in [2.45, 2.75) is 72.0 Å². The molecule has 1 saturated heterocycles. The van der Waals surface area contributed by atoms with E-state index in [1.165, 1.54) is 11.1 Å². The number of hydrogen-bond acceptors (Lipinski definition) is 3. The van der Waals surface area contributed by atoms with Crippen LogP contribution in [0.3, 0.4) is 0 Å². The van der Waals surface area contributed by atoms with E-state index in [9.17, 15) is 0 Å². The van der Waals surface area contributed by atoms with E-state index in [1.807, 2.05) is 12.4 Å². The molecule has 0 saturated carbocycles. The first-order valence-electron chi connectivity index (χ1n) is 7.49. The molecule has 1 aliphatic rings. The van der Waals surface area contributed by atoms with Crippen LogP contribution in [0.4, 0.5) is 0 Å². The van der Waals surface area contributed by atoms with Crippen LogP contribution in [0.25, 0.3) is 0 Å². The number of hydrogen-bond donors (Lipinski definition) is 0. The molecule has 1 aromatic heterocycles. The van der Waals surface area contributed by atoms with E-state index < -0.39 is 0 Å². The molecule has 2 rings (SSSR count). The largest absolute Gasteiger partial charge is 0.496 e. The molecular weight excluding hydrogens is 249 g/mol. The Morgan fingerprint density at radius 3 is 2.20 bits per heavy atom. The van der Waals surface area contributed by atoms with Crippen molar-refractivity contribution in [1.29, 1.82) is 0 Å².